The van der Waals surface area contributed by atoms with Gasteiger partial charge < -0.3 is 10.6 Å². The van der Waals surface area contributed by atoms with Crippen LogP contribution in [0.15, 0.2) is 36.7 Å². The monoisotopic (exact) mass is 307 g/mol. The van der Waals surface area contributed by atoms with Crippen LogP contribution in [0.2, 0.25) is 0 Å². The van der Waals surface area contributed by atoms with Crippen molar-refractivity contribution in [3.63, 3.8) is 0 Å². The summed E-state index contributed by atoms with van der Waals surface area (Å²) < 4.78 is 38.3. The molecule has 2 heterocycles. The number of nitriles is 1. The van der Waals surface area contributed by atoms with Gasteiger partial charge in [0.2, 0.25) is 0 Å². The predicted octanol–water partition coefficient (Wildman–Crippen LogP) is 2.89. The fraction of sp³-hybridized carbons (Fsp3) is 0.214. The average Bonchev–Trinajstić information content (AvgIpc) is 2.51. The Balaban J connectivity index is 1.88. The van der Waals surface area contributed by atoms with E-state index in [0.717, 1.165) is 6.07 Å². The summed E-state index contributed by atoms with van der Waals surface area (Å²) in [6.45, 7) is 0.592. The molecule has 22 heavy (non-hydrogen) atoms. The second-order valence-electron chi connectivity index (χ2n) is 4.29. The molecule has 0 aliphatic heterocycles. The number of pyridine rings is 2. The molecule has 0 bridgehead atoms. The zero-order chi connectivity index (χ0) is 16.0. The van der Waals surface area contributed by atoms with Gasteiger partial charge in [0.15, 0.2) is 0 Å². The van der Waals surface area contributed by atoms with Crippen LogP contribution in [0.4, 0.5) is 24.8 Å². The quantitative estimate of drug-likeness (QED) is 0.831. The number of nitrogens with one attached hydrogen (secondary N) is 2. The van der Waals surface area contributed by atoms with E-state index >= 15 is 0 Å². The van der Waals surface area contributed by atoms with Crippen molar-refractivity contribution in [1.82, 2.24) is 9.97 Å². The molecule has 114 valence electrons. The molecule has 0 unspecified atom stereocenters. The van der Waals surface area contributed by atoms with E-state index in [4.69, 9.17) is 5.26 Å². The zero-order valence-corrected chi connectivity index (χ0v) is 11.4. The van der Waals surface area contributed by atoms with E-state index in [1.54, 1.807) is 12.1 Å². The lowest BCUT2D eigenvalue weighted by Gasteiger charge is -2.13. The van der Waals surface area contributed by atoms with E-state index in [0.29, 0.717) is 17.9 Å². The van der Waals surface area contributed by atoms with Crippen molar-refractivity contribution in [3.8, 4) is 6.07 Å². The van der Waals surface area contributed by atoms with Gasteiger partial charge in [-0.1, -0.05) is 0 Å². The van der Waals surface area contributed by atoms with E-state index in [-0.39, 0.29) is 12.4 Å². The number of hydrogen-bond acceptors (Lipinski definition) is 5. The van der Waals surface area contributed by atoms with E-state index < -0.39 is 11.7 Å². The first-order chi connectivity index (χ1) is 10.5. The Kier molecular flexibility index (Phi) is 4.78. The molecule has 0 aliphatic rings. The summed E-state index contributed by atoms with van der Waals surface area (Å²) in [5, 5.41) is 14.2. The Labute approximate surface area is 124 Å². The van der Waals surface area contributed by atoms with Gasteiger partial charge in [-0.05, 0) is 24.3 Å². The normalized spacial score (nSPS) is 10.8. The molecular formula is C14H12F3N5. The minimum absolute atomic E-state index is 0.204. The van der Waals surface area contributed by atoms with Gasteiger partial charge >= 0.3 is 6.18 Å². The third-order valence-electron chi connectivity index (χ3n) is 2.73. The second kappa shape index (κ2) is 6.76. The van der Waals surface area contributed by atoms with Gasteiger partial charge in [-0.15, -0.1) is 0 Å². The van der Waals surface area contributed by atoms with E-state index in [9.17, 15) is 13.2 Å². The van der Waals surface area contributed by atoms with Gasteiger partial charge in [-0.3, -0.25) is 0 Å². The lowest BCUT2D eigenvalue weighted by Crippen LogP contribution is -2.18. The van der Waals surface area contributed by atoms with Crippen LogP contribution in [0.3, 0.4) is 0 Å². The average molecular weight is 307 g/mol. The standard InChI is InChI=1S/C14H12F3N5/c15-14(16,17)11-2-1-5-20-13(11)21-7-6-19-12-4-3-10(8-18)9-22-12/h1-5,9H,6-7H2,(H,19,22)(H,20,21). The summed E-state index contributed by atoms with van der Waals surface area (Å²) in [4.78, 5) is 7.70. The first kappa shape index (κ1) is 15.6. The van der Waals surface area contributed by atoms with Gasteiger partial charge in [-0.2, -0.15) is 18.4 Å². The Hall–Kier alpha value is -2.82. The van der Waals surface area contributed by atoms with Crippen LogP contribution in [0.1, 0.15) is 11.1 Å². The van der Waals surface area contributed by atoms with Gasteiger partial charge in [0.25, 0.3) is 0 Å². The molecule has 2 aromatic heterocycles. The highest BCUT2D eigenvalue weighted by molar-refractivity contribution is 5.46. The first-order valence-corrected chi connectivity index (χ1v) is 6.37. The van der Waals surface area contributed by atoms with Gasteiger partial charge in [0.05, 0.1) is 11.1 Å². The Bertz CT molecular complexity index is 661. The lowest BCUT2D eigenvalue weighted by molar-refractivity contribution is -0.137. The maximum Gasteiger partial charge on any atom is 0.419 e. The summed E-state index contributed by atoms with van der Waals surface area (Å²) in [6, 6.07) is 7.39. The van der Waals surface area contributed by atoms with E-state index in [1.807, 2.05) is 6.07 Å². The van der Waals surface area contributed by atoms with Crippen molar-refractivity contribution in [1.29, 1.82) is 5.26 Å². The van der Waals surface area contributed by atoms with Gasteiger partial charge in [0.1, 0.15) is 17.7 Å². The summed E-state index contributed by atoms with van der Waals surface area (Å²) in [5.41, 5.74) is -0.363. The molecule has 2 N–H and O–H groups in total. The number of anilines is 2. The molecule has 0 amide bonds. The Morgan fingerprint density at radius 3 is 2.50 bits per heavy atom. The minimum atomic E-state index is -4.45. The summed E-state index contributed by atoms with van der Waals surface area (Å²) in [5.74, 6) is 0.336. The molecule has 0 saturated heterocycles. The number of hydrogen-bond donors (Lipinski definition) is 2. The Morgan fingerprint density at radius 2 is 1.86 bits per heavy atom. The molecule has 0 aromatic carbocycles. The number of aromatic nitrogens is 2. The number of halogens is 3. The second-order valence-corrected chi connectivity index (χ2v) is 4.29. The smallest absolute Gasteiger partial charge is 0.368 e. The largest absolute Gasteiger partial charge is 0.419 e. The van der Waals surface area contributed by atoms with Crippen molar-refractivity contribution in [2.45, 2.75) is 6.18 Å². The van der Waals surface area contributed by atoms with Gasteiger partial charge in [-0.25, -0.2) is 9.97 Å². The van der Waals surface area contributed by atoms with Crippen LogP contribution < -0.4 is 10.6 Å². The molecule has 0 spiro atoms. The van der Waals surface area contributed by atoms with Crippen molar-refractivity contribution in [2.24, 2.45) is 0 Å². The van der Waals surface area contributed by atoms with E-state index in [2.05, 4.69) is 20.6 Å². The van der Waals surface area contributed by atoms with Gasteiger partial charge in [0, 0.05) is 25.5 Å². The molecule has 0 radical (unpaired) electrons. The maximum atomic E-state index is 12.8. The third kappa shape index (κ3) is 4.09. The number of nitrogens with zero attached hydrogens (tertiary/aromatic N) is 3. The number of rotatable bonds is 5. The summed E-state index contributed by atoms with van der Waals surface area (Å²) >= 11 is 0. The Morgan fingerprint density at radius 1 is 1.09 bits per heavy atom. The maximum absolute atomic E-state index is 12.8. The molecule has 0 aliphatic carbocycles. The van der Waals surface area contributed by atoms with E-state index in [1.165, 1.54) is 18.5 Å². The minimum Gasteiger partial charge on any atom is -0.368 e. The molecule has 0 atom stereocenters. The highest BCUT2D eigenvalue weighted by Crippen LogP contribution is 2.33. The molecule has 0 saturated carbocycles. The molecule has 5 nitrogen and oxygen atoms in total. The van der Waals surface area contributed by atoms with Crippen LogP contribution in [-0.4, -0.2) is 23.1 Å². The fourth-order valence-corrected chi connectivity index (χ4v) is 1.71. The molecule has 2 aromatic rings. The van der Waals surface area contributed by atoms with Crippen LogP contribution in [0.25, 0.3) is 0 Å². The summed E-state index contributed by atoms with van der Waals surface area (Å²) in [7, 11) is 0. The third-order valence-corrected chi connectivity index (χ3v) is 2.73. The molecule has 8 heteroatoms. The lowest BCUT2D eigenvalue weighted by atomic mass is 10.2. The molecular weight excluding hydrogens is 295 g/mol. The molecule has 0 fully saturated rings. The van der Waals surface area contributed by atoms with Crippen molar-refractivity contribution in [2.75, 3.05) is 23.7 Å². The van der Waals surface area contributed by atoms with Crippen LogP contribution >= 0.6 is 0 Å². The molecule has 2 rings (SSSR count). The number of alkyl halides is 3. The SMILES string of the molecule is N#Cc1ccc(NCCNc2ncccc2C(F)(F)F)nc1. The predicted molar refractivity (Wildman–Crippen MR) is 75.2 cm³/mol. The van der Waals surface area contributed by atoms with Crippen molar-refractivity contribution >= 4 is 11.6 Å². The van der Waals surface area contributed by atoms with Crippen LogP contribution in [0.5, 0.6) is 0 Å². The topological polar surface area (TPSA) is 73.6 Å². The zero-order valence-electron chi connectivity index (χ0n) is 11.4. The summed E-state index contributed by atoms with van der Waals surface area (Å²) in [6.07, 6.45) is -1.73. The van der Waals surface area contributed by atoms with Crippen LogP contribution in [0, 0.1) is 11.3 Å². The van der Waals surface area contributed by atoms with Crippen LogP contribution in [-0.2, 0) is 6.18 Å². The highest BCUT2D eigenvalue weighted by Gasteiger charge is 2.33. The van der Waals surface area contributed by atoms with Crippen molar-refractivity contribution < 1.29 is 13.2 Å². The highest BCUT2D eigenvalue weighted by atomic mass is 19.4. The first-order valence-electron chi connectivity index (χ1n) is 6.37. The van der Waals surface area contributed by atoms with Crippen molar-refractivity contribution in [3.05, 3.63) is 47.8 Å². The fourth-order valence-electron chi connectivity index (χ4n) is 1.71.